The summed E-state index contributed by atoms with van der Waals surface area (Å²) in [7, 11) is 0. The van der Waals surface area contributed by atoms with E-state index in [0.29, 0.717) is 12.0 Å². The number of ether oxygens (including phenoxy) is 1. The van der Waals surface area contributed by atoms with Crippen molar-refractivity contribution in [1.82, 2.24) is 14.8 Å². The van der Waals surface area contributed by atoms with Crippen molar-refractivity contribution in [3.05, 3.63) is 42.1 Å². The molecular weight excluding hydrogens is 314 g/mol. The molecule has 1 aromatic carbocycles. The molecule has 1 atom stereocenters. The normalized spacial score (nSPS) is 22.6. The molecule has 2 fully saturated rings. The van der Waals surface area contributed by atoms with Crippen LogP contribution in [0.15, 0.2) is 36.5 Å². The largest absolute Gasteiger partial charge is 0.378 e. The standard InChI is InChI=1S/C20H25N3O2/c1-15(24)22-7-8-23(19-13-25-14-19)12-17(11-22)9-16-4-5-20-18(10-16)3-2-6-21-20/h2-6,10,17,19H,7-9,11-14H2,1H3. The van der Waals surface area contributed by atoms with Crippen molar-refractivity contribution >= 4 is 16.8 Å². The van der Waals surface area contributed by atoms with Crippen molar-refractivity contribution in [2.45, 2.75) is 19.4 Å². The van der Waals surface area contributed by atoms with E-state index < -0.39 is 0 Å². The van der Waals surface area contributed by atoms with Crippen LogP contribution in [0.1, 0.15) is 12.5 Å². The molecule has 4 rings (SSSR count). The fraction of sp³-hybridized carbons (Fsp3) is 0.500. The first kappa shape index (κ1) is 16.5. The number of carbonyl (C=O) groups is 1. The molecule has 3 heterocycles. The van der Waals surface area contributed by atoms with E-state index in [4.69, 9.17) is 4.74 Å². The fourth-order valence-corrected chi connectivity index (χ4v) is 3.90. The summed E-state index contributed by atoms with van der Waals surface area (Å²) in [6, 6.07) is 11.1. The van der Waals surface area contributed by atoms with Gasteiger partial charge in [-0.3, -0.25) is 14.7 Å². The van der Waals surface area contributed by atoms with Gasteiger partial charge in [0.25, 0.3) is 0 Å². The van der Waals surface area contributed by atoms with Gasteiger partial charge in [0.15, 0.2) is 0 Å². The van der Waals surface area contributed by atoms with Gasteiger partial charge in [-0.15, -0.1) is 0 Å². The van der Waals surface area contributed by atoms with Gasteiger partial charge in [0.2, 0.25) is 5.91 Å². The lowest BCUT2D eigenvalue weighted by Gasteiger charge is -2.37. The van der Waals surface area contributed by atoms with Crippen LogP contribution < -0.4 is 0 Å². The molecule has 5 nitrogen and oxygen atoms in total. The molecule has 1 amide bonds. The fourth-order valence-electron chi connectivity index (χ4n) is 3.90. The highest BCUT2D eigenvalue weighted by Gasteiger charge is 2.31. The van der Waals surface area contributed by atoms with Crippen molar-refractivity contribution < 1.29 is 9.53 Å². The van der Waals surface area contributed by atoms with Crippen LogP contribution in [0.2, 0.25) is 0 Å². The first-order valence-corrected chi connectivity index (χ1v) is 9.10. The van der Waals surface area contributed by atoms with Gasteiger partial charge in [0.1, 0.15) is 0 Å². The van der Waals surface area contributed by atoms with E-state index in [1.54, 1.807) is 6.92 Å². The molecule has 0 radical (unpaired) electrons. The van der Waals surface area contributed by atoms with Gasteiger partial charge in [-0.25, -0.2) is 0 Å². The van der Waals surface area contributed by atoms with E-state index in [2.05, 4.69) is 34.1 Å². The van der Waals surface area contributed by atoms with Crippen LogP contribution in [-0.4, -0.2) is 66.1 Å². The summed E-state index contributed by atoms with van der Waals surface area (Å²) in [4.78, 5) is 20.9. The van der Waals surface area contributed by atoms with Gasteiger partial charge in [0.05, 0.1) is 24.8 Å². The maximum absolute atomic E-state index is 12.0. The molecule has 0 saturated carbocycles. The second-order valence-electron chi connectivity index (χ2n) is 7.25. The highest BCUT2D eigenvalue weighted by Crippen LogP contribution is 2.22. The number of pyridine rings is 1. The number of amides is 1. The highest BCUT2D eigenvalue weighted by molar-refractivity contribution is 5.78. The SMILES string of the molecule is CC(=O)N1CCN(C2COC2)CC(Cc2ccc3ncccc3c2)C1. The van der Waals surface area contributed by atoms with E-state index in [0.717, 1.165) is 51.3 Å². The molecular formula is C20H25N3O2. The Kier molecular flexibility index (Phi) is 4.68. The molecule has 0 bridgehead atoms. The lowest BCUT2D eigenvalue weighted by atomic mass is 9.96. The Morgan fingerprint density at radius 1 is 1.24 bits per heavy atom. The van der Waals surface area contributed by atoms with Crippen molar-refractivity contribution in [1.29, 1.82) is 0 Å². The van der Waals surface area contributed by atoms with Crippen molar-refractivity contribution in [2.75, 3.05) is 39.4 Å². The van der Waals surface area contributed by atoms with Crippen molar-refractivity contribution in [2.24, 2.45) is 5.92 Å². The number of carbonyl (C=O) groups excluding carboxylic acids is 1. The summed E-state index contributed by atoms with van der Waals surface area (Å²) >= 11 is 0. The maximum atomic E-state index is 12.0. The van der Waals surface area contributed by atoms with Gasteiger partial charge in [0, 0.05) is 44.7 Å². The van der Waals surface area contributed by atoms with Crippen molar-refractivity contribution in [3.63, 3.8) is 0 Å². The molecule has 2 saturated heterocycles. The Bertz CT molecular complexity index is 759. The molecule has 2 aliphatic heterocycles. The predicted molar refractivity (Wildman–Crippen MR) is 97.4 cm³/mol. The average Bonchev–Trinajstić information content (AvgIpc) is 2.76. The van der Waals surface area contributed by atoms with Gasteiger partial charge in [-0.2, -0.15) is 0 Å². The molecule has 5 heteroatoms. The Labute approximate surface area is 148 Å². The first-order valence-electron chi connectivity index (χ1n) is 9.10. The molecule has 2 aliphatic rings. The monoisotopic (exact) mass is 339 g/mol. The number of aromatic nitrogens is 1. The zero-order valence-corrected chi connectivity index (χ0v) is 14.7. The molecule has 2 aromatic rings. The Morgan fingerprint density at radius 3 is 2.88 bits per heavy atom. The van der Waals surface area contributed by atoms with Crippen molar-refractivity contribution in [3.8, 4) is 0 Å². The van der Waals surface area contributed by atoms with Gasteiger partial charge >= 0.3 is 0 Å². The Balaban J connectivity index is 1.53. The third-order valence-corrected chi connectivity index (χ3v) is 5.40. The van der Waals surface area contributed by atoms with E-state index in [9.17, 15) is 4.79 Å². The molecule has 0 N–H and O–H groups in total. The average molecular weight is 339 g/mol. The van der Waals surface area contributed by atoms with Crippen LogP contribution in [0, 0.1) is 5.92 Å². The van der Waals surface area contributed by atoms with Gasteiger partial charge in [-0.1, -0.05) is 12.1 Å². The third kappa shape index (κ3) is 3.67. The van der Waals surface area contributed by atoms with E-state index in [1.807, 2.05) is 17.2 Å². The minimum Gasteiger partial charge on any atom is -0.378 e. The number of hydrogen-bond acceptors (Lipinski definition) is 4. The molecule has 1 aromatic heterocycles. The van der Waals surface area contributed by atoms with Gasteiger partial charge in [-0.05, 0) is 36.1 Å². The molecule has 132 valence electrons. The van der Waals surface area contributed by atoms with Crippen LogP contribution in [0.25, 0.3) is 10.9 Å². The van der Waals surface area contributed by atoms with Crippen LogP contribution in [-0.2, 0) is 16.0 Å². The number of nitrogens with zero attached hydrogens (tertiary/aromatic N) is 3. The van der Waals surface area contributed by atoms with Crippen LogP contribution in [0.4, 0.5) is 0 Å². The summed E-state index contributed by atoms with van der Waals surface area (Å²) in [5.41, 5.74) is 2.35. The lowest BCUT2D eigenvalue weighted by Crippen LogP contribution is -2.51. The second-order valence-corrected chi connectivity index (χ2v) is 7.25. The molecule has 1 unspecified atom stereocenters. The maximum Gasteiger partial charge on any atom is 0.219 e. The molecule has 25 heavy (non-hydrogen) atoms. The summed E-state index contributed by atoms with van der Waals surface area (Å²) in [5.74, 6) is 0.626. The van der Waals surface area contributed by atoms with Crippen LogP contribution in [0.5, 0.6) is 0 Å². The topological polar surface area (TPSA) is 45.7 Å². The number of rotatable bonds is 3. The Morgan fingerprint density at radius 2 is 2.12 bits per heavy atom. The minimum atomic E-state index is 0.180. The quantitative estimate of drug-likeness (QED) is 0.858. The zero-order valence-electron chi connectivity index (χ0n) is 14.7. The number of fused-ring (bicyclic) bond motifs is 1. The zero-order chi connectivity index (χ0) is 17.2. The van der Waals surface area contributed by atoms with E-state index in [1.165, 1.54) is 10.9 Å². The smallest absolute Gasteiger partial charge is 0.219 e. The lowest BCUT2D eigenvalue weighted by molar-refractivity contribution is -0.129. The second kappa shape index (κ2) is 7.10. The third-order valence-electron chi connectivity index (χ3n) is 5.40. The predicted octanol–water partition coefficient (Wildman–Crippen LogP) is 1.96. The summed E-state index contributed by atoms with van der Waals surface area (Å²) in [6.45, 7) is 6.98. The van der Waals surface area contributed by atoms with Crippen LogP contribution >= 0.6 is 0 Å². The first-order chi connectivity index (χ1) is 12.2. The minimum absolute atomic E-state index is 0.180. The summed E-state index contributed by atoms with van der Waals surface area (Å²) in [6.07, 6.45) is 2.81. The van der Waals surface area contributed by atoms with Gasteiger partial charge < -0.3 is 9.64 Å². The van der Waals surface area contributed by atoms with E-state index >= 15 is 0 Å². The Hall–Kier alpha value is -1.98. The van der Waals surface area contributed by atoms with E-state index in [-0.39, 0.29) is 5.91 Å². The molecule has 0 aliphatic carbocycles. The summed E-state index contributed by atoms with van der Waals surface area (Å²) < 4.78 is 5.38. The number of benzene rings is 1. The molecule has 0 spiro atoms. The number of hydrogen-bond donors (Lipinski definition) is 0. The highest BCUT2D eigenvalue weighted by atomic mass is 16.5. The summed E-state index contributed by atoms with van der Waals surface area (Å²) in [5, 5.41) is 1.18. The van der Waals surface area contributed by atoms with Crippen LogP contribution in [0.3, 0.4) is 0 Å².